The van der Waals surface area contributed by atoms with Gasteiger partial charge < -0.3 is 9.47 Å². The second-order valence-corrected chi connectivity index (χ2v) is 5.19. The van der Waals surface area contributed by atoms with Crippen LogP contribution in [-0.4, -0.2) is 19.2 Å². The first-order valence-corrected chi connectivity index (χ1v) is 7.66. The van der Waals surface area contributed by atoms with Gasteiger partial charge in [0.15, 0.2) is 0 Å². The topological polar surface area (TPSA) is 35.5 Å². The molecule has 2 aromatic rings. The molecule has 0 radical (unpaired) electrons. The summed E-state index contributed by atoms with van der Waals surface area (Å²) in [5.74, 6) is 0.576. The van der Waals surface area contributed by atoms with E-state index in [4.69, 9.17) is 9.47 Å². The van der Waals surface area contributed by atoms with E-state index < -0.39 is 0 Å². The summed E-state index contributed by atoms with van der Waals surface area (Å²) in [5.41, 5.74) is 2.14. The van der Waals surface area contributed by atoms with Crippen molar-refractivity contribution >= 4 is 5.97 Å². The molecule has 0 spiro atoms. The van der Waals surface area contributed by atoms with E-state index in [2.05, 4.69) is 0 Å². The molecule has 0 aromatic heterocycles. The molecule has 3 nitrogen and oxygen atoms in total. The van der Waals surface area contributed by atoms with Crippen LogP contribution in [0.1, 0.15) is 20.3 Å². The highest BCUT2D eigenvalue weighted by Gasteiger charge is 2.11. The van der Waals surface area contributed by atoms with Crippen molar-refractivity contribution < 1.29 is 14.3 Å². The van der Waals surface area contributed by atoms with Crippen LogP contribution in [0.5, 0.6) is 5.75 Å². The molecular weight excluding hydrogens is 276 g/mol. The Morgan fingerprint density at radius 1 is 1.00 bits per heavy atom. The van der Waals surface area contributed by atoms with Gasteiger partial charge in [0.25, 0.3) is 0 Å². The van der Waals surface area contributed by atoms with E-state index in [1.807, 2.05) is 68.4 Å². The summed E-state index contributed by atoms with van der Waals surface area (Å²) in [6, 6.07) is 18.0. The molecule has 0 aliphatic rings. The van der Waals surface area contributed by atoms with Crippen LogP contribution in [0.2, 0.25) is 0 Å². The van der Waals surface area contributed by atoms with E-state index in [1.165, 1.54) is 0 Å². The number of ether oxygens (including phenoxy) is 2. The number of para-hydroxylation sites is 1. The van der Waals surface area contributed by atoms with Crippen LogP contribution in [-0.2, 0) is 9.53 Å². The quantitative estimate of drug-likeness (QED) is 0.564. The highest BCUT2D eigenvalue weighted by molar-refractivity contribution is 5.72. The van der Waals surface area contributed by atoms with Gasteiger partial charge in [-0.3, -0.25) is 4.79 Å². The lowest BCUT2D eigenvalue weighted by Crippen LogP contribution is -2.17. The fraction of sp³-hybridized carbons (Fsp3) is 0.316. The maximum atomic E-state index is 11.6. The van der Waals surface area contributed by atoms with Gasteiger partial charge in [-0.15, -0.1) is 0 Å². The third kappa shape index (κ3) is 4.35. The molecule has 116 valence electrons. The average Bonchev–Trinajstić information content (AvgIpc) is 2.59. The zero-order valence-electron chi connectivity index (χ0n) is 13.1. The van der Waals surface area contributed by atoms with Gasteiger partial charge in [0, 0.05) is 5.56 Å². The third-order valence-electron chi connectivity index (χ3n) is 3.57. The van der Waals surface area contributed by atoms with E-state index in [1.54, 1.807) is 0 Å². The first kappa shape index (κ1) is 16.1. The Balaban J connectivity index is 1.93. The van der Waals surface area contributed by atoms with Gasteiger partial charge in [0.1, 0.15) is 19.0 Å². The van der Waals surface area contributed by atoms with Gasteiger partial charge in [-0.1, -0.05) is 62.4 Å². The molecule has 2 rings (SSSR count). The van der Waals surface area contributed by atoms with Gasteiger partial charge in [0.2, 0.25) is 0 Å². The van der Waals surface area contributed by atoms with Crippen molar-refractivity contribution in [2.24, 2.45) is 5.92 Å². The highest BCUT2D eigenvalue weighted by Crippen LogP contribution is 2.29. The number of hydrogen-bond acceptors (Lipinski definition) is 3. The second-order valence-electron chi connectivity index (χ2n) is 5.19. The molecule has 22 heavy (non-hydrogen) atoms. The Morgan fingerprint density at radius 3 is 2.41 bits per heavy atom. The minimum absolute atomic E-state index is 0.0587. The number of rotatable bonds is 7. The number of benzene rings is 2. The molecule has 0 aliphatic carbocycles. The van der Waals surface area contributed by atoms with Crippen molar-refractivity contribution in [3.8, 4) is 16.9 Å². The van der Waals surface area contributed by atoms with E-state index in [9.17, 15) is 4.79 Å². The summed E-state index contributed by atoms with van der Waals surface area (Å²) in [6.07, 6.45) is 0.788. The minimum atomic E-state index is -0.164. The van der Waals surface area contributed by atoms with E-state index in [0.717, 1.165) is 23.3 Å². The van der Waals surface area contributed by atoms with Crippen molar-refractivity contribution in [2.75, 3.05) is 13.2 Å². The zero-order chi connectivity index (χ0) is 15.8. The van der Waals surface area contributed by atoms with E-state index in [-0.39, 0.29) is 18.5 Å². The van der Waals surface area contributed by atoms with Gasteiger partial charge in [-0.05, 0) is 18.1 Å². The van der Waals surface area contributed by atoms with Crippen molar-refractivity contribution in [1.82, 2.24) is 0 Å². The first-order valence-electron chi connectivity index (χ1n) is 7.66. The van der Waals surface area contributed by atoms with Gasteiger partial charge in [0.05, 0.1) is 5.92 Å². The van der Waals surface area contributed by atoms with E-state index in [0.29, 0.717) is 6.61 Å². The molecule has 0 saturated carbocycles. The predicted molar refractivity (Wildman–Crippen MR) is 87.8 cm³/mol. The lowest BCUT2D eigenvalue weighted by Gasteiger charge is -2.13. The maximum absolute atomic E-state index is 11.6. The van der Waals surface area contributed by atoms with Crippen molar-refractivity contribution in [3.63, 3.8) is 0 Å². The summed E-state index contributed by atoms with van der Waals surface area (Å²) in [6.45, 7) is 4.46. The molecule has 0 fully saturated rings. The molecule has 3 heteroatoms. The Morgan fingerprint density at radius 2 is 1.68 bits per heavy atom. The van der Waals surface area contributed by atoms with Gasteiger partial charge >= 0.3 is 5.97 Å². The highest BCUT2D eigenvalue weighted by atomic mass is 16.6. The number of esters is 1. The van der Waals surface area contributed by atoms with Crippen LogP contribution in [0.15, 0.2) is 54.6 Å². The number of carbonyl (C=O) groups is 1. The van der Waals surface area contributed by atoms with Crippen LogP contribution in [0.25, 0.3) is 11.1 Å². The van der Waals surface area contributed by atoms with Crippen LogP contribution in [0, 0.1) is 5.92 Å². The second kappa shape index (κ2) is 8.23. The third-order valence-corrected chi connectivity index (χ3v) is 3.57. The van der Waals surface area contributed by atoms with Gasteiger partial charge in [-0.2, -0.15) is 0 Å². The summed E-state index contributed by atoms with van der Waals surface area (Å²) in [4.78, 5) is 11.6. The molecule has 0 aliphatic heterocycles. The fourth-order valence-electron chi connectivity index (χ4n) is 2.05. The molecule has 0 bridgehead atoms. The lowest BCUT2D eigenvalue weighted by molar-refractivity contribution is -0.148. The molecule has 0 saturated heterocycles. The first-order chi connectivity index (χ1) is 10.7. The Bertz CT molecular complexity index is 593. The van der Waals surface area contributed by atoms with Crippen LogP contribution >= 0.6 is 0 Å². The number of hydrogen-bond donors (Lipinski definition) is 0. The molecule has 2 aromatic carbocycles. The molecule has 0 heterocycles. The summed E-state index contributed by atoms with van der Waals surface area (Å²) in [7, 11) is 0. The Kier molecular flexibility index (Phi) is 6.01. The van der Waals surface area contributed by atoms with Crippen LogP contribution < -0.4 is 4.74 Å². The smallest absolute Gasteiger partial charge is 0.308 e. The van der Waals surface area contributed by atoms with Gasteiger partial charge in [-0.25, -0.2) is 0 Å². The summed E-state index contributed by atoms with van der Waals surface area (Å²) < 4.78 is 11.0. The zero-order valence-corrected chi connectivity index (χ0v) is 13.1. The Labute approximate surface area is 131 Å². The fourth-order valence-corrected chi connectivity index (χ4v) is 2.05. The largest absolute Gasteiger partial charge is 0.489 e. The molecular formula is C19H22O3. The lowest BCUT2D eigenvalue weighted by atomic mass is 10.1. The summed E-state index contributed by atoms with van der Waals surface area (Å²) >= 11 is 0. The maximum Gasteiger partial charge on any atom is 0.308 e. The number of carbonyl (C=O) groups excluding carboxylic acids is 1. The van der Waals surface area contributed by atoms with Crippen molar-refractivity contribution in [2.45, 2.75) is 20.3 Å². The summed E-state index contributed by atoms with van der Waals surface area (Å²) in [5, 5.41) is 0. The average molecular weight is 298 g/mol. The normalized spacial score (nSPS) is 11.7. The SMILES string of the molecule is CCC(C)C(=O)OCCOc1ccccc1-c1ccccc1. The molecule has 1 atom stereocenters. The standard InChI is InChI=1S/C19H22O3/c1-3-15(2)19(20)22-14-13-21-18-12-8-7-11-17(18)16-9-5-4-6-10-16/h4-12,15H,3,13-14H2,1-2H3. The van der Waals surface area contributed by atoms with Crippen LogP contribution in [0.3, 0.4) is 0 Å². The van der Waals surface area contributed by atoms with E-state index >= 15 is 0 Å². The van der Waals surface area contributed by atoms with Crippen molar-refractivity contribution in [3.05, 3.63) is 54.6 Å². The van der Waals surface area contributed by atoms with Crippen LogP contribution in [0.4, 0.5) is 0 Å². The minimum Gasteiger partial charge on any atom is -0.489 e. The van der Waals surface area contributed by atoms with Crippen molar-refractivity contribution in [1.29, 1.82) is 0 Å². The monoisotopic (exact) mass is 298 g/mol. The predicted octanol–water partition coefficient (Wildman–Crippen LogP) is 4.32. The Hall–Kier alpha value is -2.29. The molecule has 1 unspecified atom stereocenters. The molecule has 0 N–H and O–H groups in total. The molecule has 0 amide bonds.